The Kier molecular flexibility index (Phi) is 21.1. The molecule has 0 aliphatic carbocycles. The predicted molar refractivity (Wildman–Crippen MR) is 117 cm³/mol. The summed E-state index contributed by atoms with van der Waals surface area (Å²) in [5.41, 5.74) is 1.31. The fourth-order valence-corrected chi connectivity index (χ4v) is 3.84. The van der Waals surface area contributed by atoms with Gasteiger partial charge >= 0.3 is 0 Å². The van der Waals surface area contributed by atoms with Crippen molar-refractivity contribution in [1.29, 1.82) is 0 Å². The van der Waals surface area contributed by atoms with Crippen LogP contribution >= 0.6 is 8.18 Å². The van der Waals surface area contributed by atoms with Gasteiger partial charge in [0.2, 0.25) is 0 Å². The van der Waals surface area contributed by atoms with Crippen LogP contribution in [0.5, 0.6) is 0 Å². The topological polar surface area (TPSA) is 38.3 Å². The molecular formula is C22H46NO2P. The maximum atomic E-state index is 11.7. The van der Waals surface area contributed by atoms with Crippen molar-refractivity contribution in [3.63, 3.8) is 0 Å². The Morgan fingerprint density at radius 1 is 0.808 bits per heavy atom. The zero-order valence-electron chi connectivity index (χ0n) is 17.8. The van der Waals surface area contributed by atoms with Crippen LogP contribution in [0.4, 0.5) is 0 Å². The van der Waals surface area contributed by atoms with Crippen molar-refractivity contribution in [3.8, 4) is 0 Å². The molecule has 0 heterocycles. The summed E-state index contributed by atoms with van der Waals surface area (Å²) in [5.74, 6) is 0. The van der Waals surface area contributed by atoms with E-state index in [0.717, 1.165) is 38.6 Å². The Bertz CT molecular complexity index is 334. The van der Waals surface area contributed by atoms with Crippen molar-refractivity contribution in [1.82, 2.24) is 5.09 Å². The largest absolute Gasteiger partial charge is 0.320 e. The molecule has 0 rings (SSSR count). The second kappa shape index (κ2) is 21.2. The molecule has 0 bridgehead atoms. The van der Waals surface area contributed by atoms with E-state index >= 15 is 0 Å². The molecule has 0 radical (unpaired) electrons. The van der Waals surface area contributed by atoms with Gasteiger partial charge in [0.1, 0.15) is 0 Å². The summed E-state index contributed by atoms with van der Waals surface area (Å²) in [6.45, 7) is 9.84. The quantitative estimate of drug-likeness (QED) is 0.124. The number of rotatable bonds is 21. The first-order valence-electron chi connectivity index (χ1n) is 11.3. The third-order valence-electron chi connectivity index (χ3n) is 4.96. The molecule has 0 spiro atoms. The van der Waals surface area contributed by atoms with Crippen LogP contribution in [0.15, 0.2) is 12.2 Å². The van der Waals surface area contributed by atoms with E-state index in [1.165, 1.54) is 76.2 Å². The van der Waals surface area contributed by atoms with Crippen LogP contribution in [0.1, 0.15) is 117 Å². The van der Waals surface area contributed by atoms with Crippen molar-refractivity contribution in [2.45, 2.75) is 117 Å². The smallest absolute Gasteiger partial charge is 0.258 e. The molecule has 0 aliphatic heterocycles. The van der Waals surface area contributed by atoms with Crippen molar-refractivity contribution < 1.29 is 9.09 Å². The van der Waals surface area contributed by atoms with Gasteiger partial charge in [0.25, 0.3) is 8.18 Å². The SMILES string of the molecule is C=C(CC)CCCCN[PH](=O)OCCCCCCCCCCCCCC. The van der Waals surface area contributed by atoms with E-state index in [4.69, 9.17) is 4.52 Å². The third kappa shape index (κ3) is 20.2. The van der Waals surface area contributed by atoms with E-state index in [-0.39, 0.29) is 0 Å². The van der Waals surface area contributed by atoms with Crippen LogP contribution in [0.25, 0.3) is 0 Å². The lowest BCUT2D eigenvalue weighted by Crippen LogP contribution is -2.07. The van der Waals surface area contributed by atoms with Gasteiger partial charge in [-0.15, -0.1) is 0 Å². The van der Waals surface area contributed by atoms with E-state index in [1.54, 1.807) is 0 Å². The minimum absolute atomic E-state index is 0.634. The number of hydrogen-bond acceptors (Lipinski definition) is 2. The summed E-state index contributed by atoms with van der Waals surface area (Å²) in [5, 5.41) is 3.01. The van der Waals surface area contributed by atoms with Gasteiger partial charge in [0.05, 0.1) is 6.61 Å². The van der Waals surface area contributed by atoms with Crippen molar-refractivity contribution in [2.24, 2.45) is 0 Å². The van der Waals surface area contributed by atoms with Gasteiger partial charge in [-0.25, -0.2) is 5.09 Å². The number of hydrogen-bond donors (Lipinski definition) is 1. The van der Waals surface area contributed by atoms with Crippen molar-refractivity contribution >= 4 is 8.18 Å². The normalized spacial score (nSPS) is 12.4. The number of unbranched alkanes of at least 4 members (excludes halogenated alkanes) is 12. The first-order valence-corrected chi connectivity index (χ1v) is 12.6. The highest BCUT2D eigenvalue weighted by atomic mass is 31.1. The molecule has 0 saturated carbocycles. The first kappa shape index (κ1) is 25.9. The summed E-state index contributed by atoms with van der Waals surface area (Å²) in [4.78, 5) is 0. The van der Waals surface area contributed by atoms with Gasteiger partial charge in [-0.3, -0.25) is 4.57 Å². The number of nitrogens with one attached hydrogen (secondary N) is 1. The van der Waals surface area contributed by atoms with Crippen LogP contribution in [-0.2, 0) is 9.09 Å². The van der Waals surface area contributed by atoms with E-state index in [1.807, 2.05) is 0 Å². The van der Waals surface area contributed by atoms with Crippen LogP contribution in [-0.4, -0.2) is 13.2 Å². The summed E-state index contributed by atoms with van der Waals surface area (Å²) >= 11 is 0. The molecule has 1 N–H and O–H groups in total. The molecule has 0 aromatic heterocycles. The van der Waals surface area contributed by atoms with E-state index < -0.39 is 8.18 Å². The third-order valence-corrected chi connectivity index (χ3v) is 5.96. The Labute approximate surface area is 164 Å². The molecule has 0 aliphatic rings. The van der Waals surface area contributed by atoms with Crippen LogP contribution < -0.4 is 5.09 Å². The molecule has 0 saturated heterocycles. The Balaban J connectivity index is 3.17. The molecule has 1 unspecified atom stereocenters. The lowest BCUT2D eigenvalue weighted by Gasteiger charge is -2.07. The second-order valence-electron chi connectivity index (χ2n) is 7.51. The molecule has 4 heteroatoms. The highest BCUT2D eigenvalue weighted by Crippen LogP contribution is 2.18. The van der Waals surface area contributed by atoms with Gasteiger partial charge in [-0.05, 0) is 32.1 Å². The molecule has 0 aromatic rings. The standard InChI is InChI=1S/C22H46NO2P/c1-4-6-7-8-9-10-11-12-13-14-15-18-21-25-26(24)23-20-17-16-19-22(3)5-2/h26H,3-21H2,1-2H3,(H,23,24). The first-order chi connectivity index (χ1) is 12.7. The maximum Gasteiger partial charge on any atom is 0.258 e. The highest BCUT2D eigenvalue weighted by Gasteiger charge is 1.99. The van der Waals surface area contributed by atoms with E-state index in [9.17, 15) is 4.57 Å². The van der Waals surface area contributed by atoms with Gasteiger partial charge in [0.15, 0.2) is 0 Å². The molecule has 3 nitrogen and oxygen atoms in total. The second-order valence-corrected chi connectivity index (χ2v) is 8.73. The Hall–Kier alpha value is -0.110. The highest BCUT2D eigenvalue weighted by molar-refractivity contribution is 7.36. The summed E-state index contributed by atoms with van der Waals surface area (Å²) in [6, 6.07) is 0. The maximum absolute atomic E-state index is 11.7. The molecule has 0 aromatic carbocycles. The fraction of sp³-hybridized carbons (Fsp3) is 0.909. The summed E-state index contributed by atoms with van der Waals surface area (Å²) in [7, 11) is -2.03. The molecule has 0 fully saturated rings. The van der Waals surface area contributed by atoms with Gasteiger partial charge in [-0.1, -0.05) is 96.6 Å². The lowest BCUT2D eigenvalue weighted by atomic mass is 10.1. The predicted octanol–water partition coefficient (Wildman–Crippen LogP) is 7.82. The fourth-order valence-electron chi connectivity index (χ4n) is 3.03. The minimum Gasteiger partial charge on any atom is -0.320 e. The Morgan fingerprint density at radius 3 is 1.88 bits per heavy atom. The summed E-state index contributed by atoms with van der Waals surface area (Å²) < 4.78 is 17.1. The molecule has 1 atom stereocenters. The molecule has 26 heavy (non-hydrogen) atoms. The monoisotopic (exact) mass is 387 g/mol. The molecule has 156 valence electrons. The van der Waals surface area contributed by atoms with Crippen molar-refractivity contribution in [2.75, 3.05) is 13.2 Å². The lowest BCUT2D eigenvalue weighted by molar-refractivity contribution is 0.309. The zero-order valence-corrected chi connectivity index (χ0v) is 18.8. The van der Waals surface area contributed by atoms with Gasteiger partial charge < -0.3 is 4.52 Å². The Morgan fingerprint density at radius 2 is 1.35 bits per heavy atom. The average Bonchev–Trinajstić information content (AvgIpc) is 2.65. The van der Waals surface area contributed by atoms with Gasteiger partial charge in [0, 0.05) is 6.54 Å². The van der Waals surface area contributed by atoms with Gasteiger partial charge in [-0.2, -0.15) is 0 Å². The zero-order chi connectivity index (χ0) is 19.3. The average molecular weight is 388 g/mol. The van der Waals surface area contributed by atoms with Crippen LogP contribution in [0.2, 0.25) is 0 Å². The minimum atomic E-state index is -2.03. The molecule has 0 amide bonds. The van der Waals surface area contributed by atoms with Crippen molar-refractivity contribution in [3.05, 3.63) is 12.2 Å². The molecular weight excluding hydrogens is 341 g/mol. The van der Waals surface area contributed by atoms with E-state index in [0.29, 0.717) is 6.61 Å². The van der Waals surface area contributed by atoms with Crippen LogP contribution in [0.3, 0.4) is 0 Å². The van der Waals surface area contributed by atoms with Crippen LogP contribution in [0, 0.1) is 0 Å². The number of allylic oxidation sites excluding steroid dienone is 1. The van der Waals surface area contributed by atoms with E-state index in [2.05, 4.69) is 25.5 Å². The summed E-state index contributed by atoms with van der Waals surface area (Å²) in [6.07, 6.45) is 20.3.